The maximum Gasteiger partial charge on any atom is 0.348 e. The van der Waals surface area contributed by atoms with E-state index in [4.69, 9.17) is 5.73 Å². The maximum absolute atomic E-state index is 12.8. The Labute approximate surface area is 180 Å². The molecule has 0 aromatic carbocycles. The van der Waals surface area contributed by atoms with Gasteiger partial charge < -0.3 is 21.5 Å². The smallest absolute Gasteiger partial charge is 0.348 e. The number of aromatic nitrogens is 2. The molecule has 0 spiro atoms. The topological polar surface area (TPSA) is 135 Å². The van der Waals surface area contributed by atoms with Crippen LogP contribution in [0.1, 0.15) is 33.0 Å². The van der Waals surface area contributed by atoms with E-state index in [0.29, 0.717) is 16.5 Å². The number of piperidine rings is 1. The first-order valence-corrected chi connectivity index (χ1v) is 11.1. The lowest BCUT2D eigenvalue weighted by Gasteiger charge is -2.26. The zero-order chi connectivity index (χ0) is 21.1. The highest BCUT2D eigenvalue weighted by molar-refractivity contribution is 7.14. The number of nitrogens with zero attached hydrogens (tertiary/aromatic N) is 2. The van der Waals surface area contributed by atoms with Crippen molar-refractivity contribution < 1.29 is 19.7 Å². The summed E-state index contributed by atoms with van der Waals surface area (Å²) in [6.07, 6.45) is 3.63. The number of hydrogen-bond donors (Lipinski definition) is 4. The summed E-state index contributed by atoms with van der Waals surface area (Å²) in [5, 5.41) is 18.9. The van der Waals surface area contributed by atoms with Gasteiger partial charge in [0, 0.05) is 24.3 Å². The molecule has 9 nitrogen and oxygen atoms in total. The SMILES string of the molecule is NC1CCN(c2[nH+]cccc2NC(=O)c2csc(Nc3ccsc3C(=O)O)n2)CC1. The van der Waals surface area contributed by atoms with Crippen molar-refractivity contribution in [2.75, 3.05) is 28.6 Å². The number of carbonyl (C=O) groups excluding carboxylic acids is 1. The van der Waals surface area contributed by atoms with Crippen LogP contribution in [0.3, 0.4) is 0 Å². The molecule has 0 aliphatic carbocycles. The number of amides is 1. The fraction of sp³-hybridized carbons (Fsp3) is 0.263. The van der Waals surface area contributed by atoms with Crippen LogP contribution in [0, 0.1) is 0 Å². The average molecular weight is 446 g/mol. The number of nitrogens with two attached hydrogens (primary N) is 1. The van der Waals surface area contributed by atoms with Crippen molar-refractivity contribution in [3.05, 3.63) is 45.7 Å². The van der Waals surface area contributed by atoms with Crippen LogP contribution in [0.2, 0.25) is 0 Å². The summed E-state index contributed by atoms with van der Waals surface area (Å²) in [5.41, 5.74) is 7.38. The number of carbonyl (C=O) groups is 2. The van der Waals surface area contributed by atoms with Crippen molar-refractivity contribution in [3.63, 3.8) is 0 Å². The molecule has 3 aromatic heterocycles. The van der Waals surface area contributed by atoms with Gasteiger partial charge in [0.15, 0.2) is 5.13 Å². The Kier molecular flexibility index (Phi) is 5.93. The number of thiophene rings is 1. The summed E-state index contributed by atoms with van der Waals surface area (Å²) in [6.45, 7) is 1.64. The first-order valence-electron chi connectivity index (χ1n) is 9.37. The molecule has 30 heavy (non-hydrogen) atoms. The van der Waals surface area contributed by atoms with Crippen LogP contribution >= 0.6 is 22.7 Å². The third kappa shape index (κ3) is 4.42. The second-order valence-electron chi connectivity index (χ2n) is 6.84. The molecule has 1 aliphatic heterocycles. The quantitative estimate of drug-likeness (QED) is 0.458. The molecule has 0 atom stereocenters. The van der Waals surface area contributed by atoms with Crippen molar-refractivity contribution in [2.45, 2.75) is 18.9 Å². The molecule has 1 amide bonds. The molecule has 0 saturated carbocycles. The van der Waals surface area contributed by atoms with E-state index in [1.165, 1.54) is 11.3 Å². The Morgan fingerprint density at radius 3 is 2.80 bits per heavy atom. The van der Waals surface area contributed by atoms with Gasteiger partial charge in [0.05, 0.1) is 25.0 Å². The normalized spacial score (nSPS) is 14.5. The van der Waals surface area contributed by atoms with E-state index in [9.17, 15) is 14.7 Å². The van der Waals surface area contributed by atoms with E-state index in [2.05, 4.69) is 25.5 Å². The highest BCUT2D eigenvalue weighted by atomic mass is 32.1. The molecule has 4 rings (SSSR count). The number of pyridine rings is 1. The number of nitrogens with one attached hydrogen (secondary N) is 3. The monoisotopic (exact) mass is 445 g/mol. The lowest BCUT2D eigenvalue weighted by atomic mass is 10.1. The fourth-order valence-corrected chi connectivity index (χ4v) is 4.61. The van der Waals surface area contributed by atoms with Gasteiger partial charge in [0.2, 0.25) is 0 Å². The van der Waals surface area contributed by atoms with Crippen molar-refractivity contribution in [2.24, 2.45) is 5.73 Å². The summed E-state index contributed by atoms with van der Waals surface area (Å²) >= 11 is 2.36. The summed E-state index contributed by atoms with van der Waals surface area (Å²) in [7, 11) is 0. The standard InChI is InChI=1S/C19H20N6O3S2/c20-11-3-7-25(8-4-11)16-13(2-1-6-21-16)22-17(26)14-10-30-19(24-14)23-12-5-9-29-15(12)18(27)28/h1-2,5-6,9-11H,3-4,7-8,20H2,(H,22,26)(H,23,24)(H,27,28)/p+1. The molecule has 0 bridgehead atoms. The minimum atomic E-state index is -1.01. The van der Waals surface area contributed by atoms with Crippen LogP contribution in [0.4, 0.5) is 22.3 Å². The van der Waals surface area contributed by atoms with Gasteiger partial charge in [-0.1, -0.05) is 0 Å². The van der Waals surface area contributed by atoms with E-state index in [1.807, 2.05) is 18.3 Å². The second kappa shape index (κ2) is 8.78. The highest BCUT2D eigenvalue weighted by Crippen LogP contribution is 2.28. The summed E-state index contributed by atoms with van der Waals surface area (Å²) in [5.74, 6) is -0.498. The van der Waals surface area contributed by atoms with Crippen LogP contribution in [-0.2, 0) is 0 Å². The van der Waals surface area contributed by atoms with E-state index >= 15 is 0 Å². The highest BCUT2D eigenvalue weighted by Gasteiger charge is 2.26. The molecule has 156 valence electrons. The summed E-state index contributed by atoms with van der Waals surface area (Å²) in [6, 6.07) is 5.56. The number of anilines is 4. The Morgan fingerprint density at radius 2 is 2.03 bits per heavy atom. The van der Waals surface area contributed by atoms with Crippen LogP contribution in [0.5, 0.6) is 0 Å². The van der Waals surface area contributed by atoms with Gasteiger partial charge in [0.1, 0.15) is 16.3 Å². The predicted octanol–water partition coefficient (Wildman–Crippen LogP) is 2.64. The number of rotatable bonds is 6. The zero-order valence-electron chi connectivity index (χ0n) is 15.9. The van der Waals surface area contributed by atoms with E-state index < -0.39 is 5.97 Å². The van der Waals surface area contributed by atoms with Crippen LogP contribution in [0.15, 0.2) is 35.2 Å². The van der Waals surface area contributed by atoms with Crippen LogP contribution in [-0.4, -0.2) is 41.1 Å². The fourth-order valence-electron chi connectivity index (χ4n) is 3.22. The van der Waals surface area contributed by atoms with Gasteiger partial charge in [-0.2, -0.15) is 0 Å². The van der Waals surface area contributed by atoms with Crippen molar-refractivity contribution in [1.29, 1.82) is 0 Å². The van der Waals surface area contributed by atoms with Gasteiger partial charge in [-0.05, 0) is 23.6 Å². The first-order chi connectivity index (χ1) is 14.5. The van der Waals surface area contributed by atoms with E-state index in [-0.39, 0.29) is 22.5 Å². The second-order valence-corrected chi connectivity index (χ2v) is 8.62. The zero-order valence-corrected chi connectivity index (χ0v) is 17.6. The Hall–Kier alpha value is -3.02. The molecular formula is C19H21N6O3S2+. The number of carboxylic acid groups (broad SMARTS) is 1. The molecule has 1 fully saturated rings. The van der Waals surface area contributed by atoms with E-state index in [0.717, 1.165) is 43.1 Å². The number of aromatic amines is 1. The largest absolute Gasteiger partial charge is 0.477 e. The minimum Gasteiger partial charge on any atom is -0.477 e. The lowest BCUT2D eigenvalue weighted by Crippen LogP contribution is -2.42. The Bertz CT molecular complexity index is 1060. The predicted molar refractivity (Wildman–Crippen MR) is 117 cm³/mol. The molecular weight excluding hydrogens is 424 g/mol. The average Bonchev–Trinajstić information content (AvgIpc) is 3.39. The summed E-state index contributed by atoms with van der Waals surface area (Å²) in [4.78, 5) is 33.9. The Morgan fingerprint density at radius 1 is 1.23 bits per heavy atom. The molecule has 11 heteroatoms. The van der Waals surface area contributed by atoms with Gasteiger partial charge in [-0.15, -0.1) is 22.7 Å². The van der Waals surface area contributed by atoms with Gasteiger partial charge >= 0.3 is 5.97 Å². The number of aromatic carboxylic acids is 1. The number of hydrogen-bond acceptors (Lipinski definition) is 8. The third-order valence-corrected chi connectivity index (χ3v) is 6.44. The molecule has 6 N–H and O–H groups in total. The maximum atomic E-state index is 12.8. The molecule has 3 aromatic rings. The van der Waals surface area contributed by atoms with Gasteiger partial charge in [0.25, 0.3) is 11.7 Å². The number of H-pyrrole nitrogens is 1. The van der Waals surface area contributed by atoms with Gasteiger partial charge in [-0.3, -0.25) is 9.69 Å². The molecule has 0 radical (unpaired) electrons. The summed E-state index contributed by atoms with van der Waals surface area (Å²) < 4.78 is 0. The van der Waals surface area contributed by atoms with Crippen LogP contribution < -0.4 is 26.3 Å². The Balaban J connectivity index is 1.46. The molecule has 1 aliphatic rings. The third-order valence-electron chi connectivity index (χ3n) is 4.78. The van der Waals surface area contributed by atoms with E-state index in [1.54, 1.807) is 16.8 Å². The minimum absolute atomic E-state index is 0.196. The van der Waals surface area contributed by atoms with Crippen molar-refractivity contribution in [3.8, 4) is 0 Å². The van der Waals surface area contributed by atoms with Crippen molar-refractivity contribution in [1.82, 2.24) is 4.98 Å². The lowest BCUT2D eigenvalue weighted by molar-refractivity contribution is -0.363. The number of carboxylic acids is 1. The molecule has 0 unspecified atom stereocenters. The van der Waals surface area contributed by atoms with Crippen molar-refractivity contribution >= 4 is 56.9 Å². The molecule has 4 heterocycles. The molecule has 1 saturated heterocycles. The number of thiazole rings is 1. The first kappa shape index (κ1) is 20.3. The van der Waals surface area contributed by atoms with Gasteiger partial charge in [-0.25, -0.2) is 14.8 Å². The van der Waals surface area contributed by atoms with Crippen LogP contribution in [0.25, 0.3) is 0 Å².